The third-order valence-electron chi connectivity index (χ3n) is 2.19. The molecular formula is C10H9Cl3F3NO2. The predicted octanol–water partition coefficient (Wildman–Crippen LogP) is 3.43. The second-order valence-corrected chi connectivity index (χ2v) is 4.79. The summed E-state index contributed by atoms with van der Waals surface area (Å²) in [7, 11) is 0. The lowest BCUT2D eigenvalue weighted by atomic mass is 10.2. The molecule has 1 aromatic rings. The minimum absolute atomic E-state index is 0.0335. The fourth-order valence-corrected chi connectivity index (χ4v) is 2.09. The van der Waals surface area contributed by atoms with Gasteiger partial charge in [0.2, 0.25) is 0 Å². The van der Waals surface area contributed by atoms with Gasteiger partial charge in [-0.1, -0.05) is 34.8 Å². The Balaban J connectivity index is 3.12. The van der Waals surface area contributed by atoms with Crippen molar-refractivity contribution in [3.05, 3.63) is 26.7 Å². The van der Waals surface area contributed by atoms with Crippen molar-refractivity contribution in [2.24, 2.45) is 0 Å². The molecule has 0 saturated carbocycles. The number of hydrogen-bond donors (Lipinski definition) is 3. The molecule has 108 valence electrons. The zero-order valence-electron chi connectivity index (χ0n) is 9.23. The van der Waals surface area contributed by atoms with Crippen LogP contribution in [0, 0.1) is 0 Å². The first-order valence-corrected chi connectivity index (χ1v) is 6.09. The van der Waals surface area contributed by atoms with Crippen molar-refractivity contribution in [1.82, 2.24) is 0 Å². The van der Waals surface area contributed by atoms with Crippen LogP contribution < -0.4 is 5.32 Å². The van der Waals surface area contributed by atoms with Gasteiger partial charge in [-0.05, 0) is 6.07 Å². The van der Waals surface area contributed by atoms with Crippen LogP contribution in [-0.2, 0) is 6.18 Å². The Bertz CT molecular complexity index is 468. The Labute approximate surface area is 121 Å². The van der Waals surface area contributed by atoms with Crippen LogP contribution in [-0.4, -0.2) is 29.5 Å². The average Bonchev–Trinajstić information content (AvgIpc) is 2.31. The van der Waals surface area contributed by atoms with Crippen molar-refractivity contribution in [1.29, 1.82) is 0 Å². The molecule has 0 aliphatic heterocycles. The molecule has 0 radical (unpaired) electrons. The Morgan fingerprint density at radius 1 is 1.21 bits per heavy atom. The second kappa shape index (κ2) is 6.37. The van der Waals surface area contributed by atoms with Crippen LogP contribution in [0.5, 0.6) is 0 Å². The normalized spacial score (nSPS) is 13.5. The molecule has 0 fully saturated rings. The largest absolute Gasteiger partial charge is 0.417 e. The number of halogens is 6. The van der Waals surface area contributed by atoms with Crippen molar-refractivity contribution in [3.8, 4) is 0 Å². The summed E-state index contributed by atoms with van der Waals surface area (Å²) in [6, 6.07) is 0.642. The van der Waals surface area contributed by atoms with Gasteiger partial charge in [0, 0.05) is 6.54 Å². The molecule has 0 aliphatic carbocycles. The molecule has 1 atom stereocenters. The Hall–Kier alpha value is -0.400. The van der Waals surface area contributed by atoms with E-state index in [0.29, 0.717) is 6.07 Å². The highest BCUT2D eigenvalue weighted by molar-refractivity contribution is 6.46. The molecule has 0 heterocycles. The van der Waals surface area contributed by atoms with E-state index in [9.17, 15) is 13.2 Å². The number of alkyl halides is 3. The number of benzene rings is 1. The molecule has 1 aromatic carbocycles. The SMILES string of the molecule is OCC(O)CNc1c(Cl)cc(C(F)(F)F)c(Cl)c1Cl. The van der Waals surface area contributed by atoms with E-state index >= 15 is 0 Å². The van der Waals surface area contributed by atoms with E-state index in [2.05, 4.69) is 5.32 Å². The lowest BCUT2D eigenvalue weighted by Gasteiger charge is -2.17. The molecule has 19 heavy (non-hydrogen) atoms. The maximum Gasteiger partial charge on any atom is 0.417 e. The van der Waals surface area contributed by atoms with Gasteiger partial charge in [0.05, 0.1) is 39.0 Å². The van der Waals surface area contributed by atoms with Crippen LogP contribution in [0.25, 0.3) is 0 Å². The summed E-state index contributed by atoms with van der Waals surface area (Å²) in [5.74, 6) is 0. The van der Waals surface area contributed by atoms with Crippen LogP contribution in [0.2, 0.25) is 15.1 Å². The topological polar surface area (TPSA) is 52.5 Å². The van der Waals surface area contributed by atoms with E-state index in [1.165, 1.54) is 0 Å². The summed E-state index contributed by atoms with van der Waals surface area (Å²) in [4.78, 5) is 0. The molecular weight excluding hydrogens is 329 g/mol. The Morgan fingerprint density at radius 2 is 1.79 bits per heavy atom. The monoisotopic (exact) mass is 337 g/mol. The fourth-order valence-electron chi connectivity index (χ4n) is 1.25. The van der Waals surface area contributed by atoms with Crippen molar-refractivity contribution < 1.29 is 23.4 Å². The zero-order chi connectivity index (χ0) is 14.8. The highest BCUT2D eigenvalue weighted by Crippen LogP contribution is 2.44. The summed E-state index contributed by atoms with van der Waals surface area (Å²) in [6.07, 6.45) is -5.78. The fraction of sp³-hybridized carbons (Fsp3) is 0.400. The molecule has 0 amide bonds. The third kappa shape index (κ3) is 4.03. The van der Waals surface area contributed by atoms with E-state index in [0.717, 1.165) is 0 Å². The Kier molecular flexibility index (Phi) is 5.58. The van der Waals surface area contributed by atoms with Crippen molar-refractivity contribution in [2.45, 2.75) is 12.3 Å². The van der Waals surface area contributed by atoms with Gasteiger partial charge in [-0.15, -0.1) is 0 Å². The first-order valence-electron chi connectivity index (χ1n) is 4.96. The molecule has 1 rings (SSSR count). The molecule has 3 nitrogen and oxygen atoms in total. The van der Waals surface area contributed by atoms with Gasteiger partial charge < -0.3 is 15.5 Å². The lowest BCUT2D eigenvalue weighted by Crippen LogP contribution is -2.23. The highest BCUT2D eigenvalue weighted by Gasteiger charge is 2.35. The molecule has 0 bridgehead atoms. The van der Waals surface area contributed by atoms with E-state index < -0.39 is 34.5 Å². The van der Waals surface area contributed by atoms with Gasteiger partial charge >= 0.3 is 6.18 Å². The van der Waals surface area contributed by atoms with Gasteiger partial charge in [-0.3, -0.25) is 0 Å². The highest BCUT2D eigenvalue weighted by atomic mass is 35.5. The van der Waals surface area contributed by atoms with Gasteiger partial charge in [-0.25, -0.2) is 0 Å². The van der Waals surface area contributed by atoms with Crippen LogP contribution in [0.4, 0.5) is 18.9 Å². The first kappa shape index (κ1) is 16.7. The Morgan fingerprint density at radius 3 is 2.26 bits per heavy atom. The van der Waals surface area contributed by atoms with Gasteiger partial charge in [-0.2, -0.15) is 13.2 Å². The van der Waals surface area contributed by atoms with Gasteiger partial charge in [0.1, 0.15) is 0 Å². The summed E-state index contributed by atoms with van der Waals surface area (Å²) >= 11 is 16.9. The third-order valence-corrected chi connectivity index (χ3v) is 3.35. The van der Waals surface area contributed by atoms with E-state index in [-0.39, 0.29) is 17.3 Å². The molecule has 0 spiro atoms. The summed E-state index contributed by atoms with van der Waals surface area (Å²) in [6.45, 7) is -0.658. The maximum absolute atomic E-state index is 12.6. The van der Waals surface area contributed by atoms with E-state index in [1.54, 1.807) is 0 Å². The number of aliphatic hydroxyl groups excluding tert-OH is 2. The van der Waals surface area contributed by atoms with E-state index in [1.807, 2.05) is 0 Å². The van der Waals surface area contributed by atoms with Crippen molar-refractivity contribution in [3.63, 3.8) is 0 Å². The van der Waals surface area contributed by atoms with Crippen molar-refractivity contribution >= 4 is 40.5 Å². The summed E-state index contributed by atoms with van der Waals surface area (Å²) in [5.41, 5.74) is -1.17. The molecule has 3 N–H and O–H groups in total. The van der Waals surface area contributed by atoms with Crippen molar-refractivity contribution in [2.75, 3.05) is 18.5 Å². The smallest absolute Gasteiger partial charge is 0.394 e. The van der Waals surface area contributed by atoms with Crippen LogP contribution in [0.3, 0.4) is 0 Å². The van der Waals surface area contributed by atoms with E-state index in [4.69, 9.17) is 45.0 Å². The minimum Gasteiger partial charge on any atom is -0.394 e. The summed E-state index contributed by atoms with van der Waals surface area (Å²) in [5, 5.41) is 18.9. The molecule has 9 heteroatoms. The first-order chi connectivity index (χ1) is 8.68. The average molecular weight is 339 g/mol. The van der Waals surface area contributed by atoms with Gasteiger partial charge in [0.15, 0.2) is 0 Å². The molecule has 0 aromatic heterocycles. The van der Waals surface area contributed by atoms with Crippen LogP contribution >= 0.6 is 34.8 Å². The minimum atomic E-state index is -4.67. The standard InChI is InChI=1S/C10H9Cl3F3NO2/c11-6-1-5(10(14,15)16)7(12)8(13)9(6)17-2-4(19)3-18/h1,4,17-19H,2-3H2. The zero-order valence-corrected chi connectivity index (χ0v) is 11.5. The molecule has 1 unspecified atom stereocenters. The number of aliphatic hydroxyl groups is 2. The number of rotatable bonds is 4. The van der Waals surface area contributed by atoms with Gasteiger partial charge in [0.25, 0.3) is 0 Å². The number of anilines is 1. The van der Waals surface area contributed by atoms with Crippen LogP contribution in [0.15, 0.2) is 6.07 Å². The second-order valence-electron chi connectivity index (χ2n) is 3.62. The molecule has 0 saturated heterocycles. The maximum atomic E-state index is 12.6. The molecule has 0 aliphatic rings. The van der Waals surface area contributed by atoms with Crippen LogP contribution in [0.1, 0.15) is 5.56 Å². The summed E-state index contributed by atoms with van der Waals surface area (Å²) < 4.78 is 37.8. The lowest BCUT2D eigenvalue weighted by molar-refractivity contribution is -0.137. The number of hydrogen-bond acceptors (Lipinski definition) is 3. The quantitative estimate of drug-likeness (QED) is 0.737. The number of nitrogens with one attached hydrogen (secondary N) is 1. The predicted molar refractivity (Wildman–Crippen MR) is 68.1 cm³/mol.